The highest BCUT2D eigenvalue weighted by atomic mass is 32.1. The summed E-state index contributed by atoms with van der Waals surface area (Å²) in [7, 11) is 0. The summed E-state index contributed by atoms with van der Waals surface area (Å²) >= 11 is 1.25. The number of nitrogens with one attached hydrogen (secondary N) is 1. The maximum atomic E-state index is 14.8. The van der Waals surface area contributed by atoms with Gasteiger partial charge in [-0.15, -0.1) is 11.3 Å². The molecule has 11 heteroatoms. The van der Waals surface area contributed by atoms with Gasteiger partial charge in [-0.3, -0.25) is 9.36 Å². The quantitative estimate of drug-likeness (QED) is 0.526. The first-order valence-electron chi connectivity index (χ1n) is 8.66. The summed E-state index contributed by atoms with van der Waals surface area (Å²) in [5, 5.41) is 11.4. The molecular formula is C18H13FN6O3S. The molecule has 5 rings (SSSR count). The van der Waals surface area contributed by atoms with Crippen LogP contribution in [-0.4, -0.2) is 48.7 Å². The Morgan fingerprint density at radius 1 is 1.31 bits per heavy atom. The summed E-state index contributed by atoms with van der Waals surface area (Å²) in [6, 6.07) is 1.05. The maximum absolute atomic E-state index is 14.8. The number of nitrogens with zero attached hydrogens (tertiary/aromatic N) is 5. The monoisotopic (exact) mass is 412 g/mol. The number of thiazole rings is 1. The molecule has 0 bridgehead atoms. The molecule has 5 heterocycles. The summed E-state index contributed by atoms with van der Waals surface area (Å²) in [4.78, 5) is 41.6. The molecule has 0 spiro atoms. The van der Waals surface area contributed by atoms with Gasteiger partial charge in [0, 0.05) is 43.3 Å². The van der Waals surface area contributed by atoms with Crippen LogP contribution < -0.4 is 10.3 Å². The van der Waals surface area contributed by atoms with Crippen LogP contribution >= 0.6 is 11.3 Å². The second kappa shape index (κ2) is 6.48. The Labute approximate surface area is 166 Å². The summed E-state index contributed by atoms with van der Waals surface area (Å²) in [5.74, 6) is -1.00. The number of carbonyl (C=O) groups is 1. The average molecular weight is 412 g/mol. The molecule has 4 aromatic rings. The third-order valence-electron chi connectivity index (χ3n) is 4.86. The molecule has 29 heavy (non-hydrogen) atoms. The first kappa shape index (κ1) is 17.5. The Kier molecular flexibility index (Phi) is 3.91. The highest BCUT2D eigenvalue weighted by molar-refractivity contribution is 7.12. The van der Waals surface area contributed by atoms with E-state index in [-0.39, 0.29) is 22.8 Å². The van der Waals surface area contributed by atoms with E-state index in [0.717, 1.165) is 11.9 Å². The number of pyridine rings is 2. The van der Waals surface area contributed by atoms with Crippen molar-refractivity contribution in [3.63, 3.8) is 0 Å². The smallest absolute Gasteiger partial charge is 0.341 e. The van der Waals surface area contributed by atoms with Gasteiger partial charge in [0.2, 0.25) is 5.43 Å². The first-order valence-corrected chi connectivity index (χ1v) is 9.54. The van der Waals surface area contributed by atoms with E-state index in [9.17, 15) is 19.1 Å². The number of aromatic carboxylic acids is 1. The summed E-state index contributed by atoms with van der Waals surface area (Å²) in [6.07, 6.45) is 6.14. The number of fused-ring (bicyclic) bond motifs is 1. The van der Waals surface area contributed by atoms with E-state index in [2.05, 4.69) is 19.9 Å². The SMILES string of the molecule is O=C(O)c1cn(-c2nccs2)c2nc(N3CC(c4ncc[nH]4)C3)c(F)cc2c1=O. The minimum Gasteiger partial charge on any atom is -0.477 e. The van der Waals surface area contributed by atoms with Gasteiger partial charge in [-0.2, -0.15) is 0 Å². The largest absolute Gasteiger partial charge is 0.477 e. The van der Waals surface area contributed by atoms with Crippen molar-refractivity contribution in [2.24, 2.45) is 0 Å². The maximum Gasteiger partial charge on any atom is 0.341 e. The summed E-state index contributed by atoms with van der Waals surface area (Å²) in [5.41, 5.74) is -1.09. The number of aromatic amines is 1. The van der Waals surface area contributed by atoms with Crippen LogP contribution in [-0.2, 0) is 0 Å². The fourth-order valence-electron chi connectivity index (χ4n) is 3.39. The number of imidazole rings is 1. The molecule has 2 N–H and O–H groups in total. The van der Waals surface area contributed by atoms with Crippen molar-refractivity contribution < 1.29 is 14.3 Å². The molecule has 146 valence electrons. The minimum absolute atomic E-state index is 0.105. The number of anilines is 1. The normalized spacial score (nSPS) is 14.3. The predicted octanol–water partition coefficient (Wildman–Crippen LogP) is 2.01. The number of carboxylic acids is 1. The van der Waals surface area contributed by atoms with E-state index in [0.29, 0.717) is 18.2 Å². The van der Waals surface area contributed by atoms with Crippen molar-refractivity contribution in [1.82, 2.24) is 24.5 Å². The Bertz CT molecular complexity index is 1280. The van der Waals surface area contributed by atoms with Crippen molar-refractivity contribution >= 4 is 34.2 Å². The molecule has 1 fully saturated rings. The molecule has 4 aromatic heterocycles. The fraction of sp³-hybridized carbons (Fsp3) is 0.167. The van der Waals surface area contributed by atoms with Crippen LogP contribution in [0.25, 0.3) is 16.2 Å². The van der Waals surface area contributed by atoms with Gasteiger partial charge in [0.25, 0.3) is 0 Å². The van der Waals surface area contributed by atoms with Crippen LogP contribution in [0.1, 0.15) is 22.1 Å². The molecule has 0 radical (unpaired) electrons. The molecule has 0 unspecified atom stereocenters. The van der Waals surface area contributed by atoms with Crippen LogP contribution in [0.2, 0.25) is 0 Å². The molecular weight excluding hydrogens is 399 g/mol. The number of halogens is 1. The number of hydrogen-bond acceptors (Lipinski definition) is 7. The number of H-pyrrole nitrogens is 1. The van der Waals surface area contributed by atoms with Gasteiger partial charge in [0.15, 0.2) is 22.4 Å². The van der Waals surface area contributed by atoms with E-state index in [1.807, 2.05) is 0 Å². The van der Waals surface area contributed by atoms with Gasteiger partial charge in [-0.1, -0.05) is 0 Å². The second-order valence-corrected chi connectivity index (χ2v) is 7.48. The third-order valence-corrected chi connectivity index (χ3v) is 5.63. The van der Waals surface area contributed by atoms with Crippen molar-refractivity contribution in [3.8, 4) is 5.13 Å². The van der Waals surface area contributed by atoms with Crippen LogP contribution in [0, 0.1) is 5.82 Å². The average Bonchev–Trinajstić information content (AvgIpc) is 3.35. The lowest BCUT2D eigenvalue weighted by Crippen LogP contribution is -2.46. The van der Waals surface area contributed by atoms with Crippen molar-refractivity contribution in [3.05, 3.63) is 63.7 Å². The highest BCUT2D eigenvalue weighted by Crippen LogP contribution is 2.32. The van der Waals surface area contributed by atoms with E-state index in [4.69, 9.17) is 0 Å². The molecule has 0 aromatic carbocycles. The number of aromatic nitrogens is 5. The molecule has 1 aliphatic heterocycles. The van der Waals surface area contributed by atoms with Gasteiger partial charge in [0.1, 0.15) is 11.4 Å². The minimum atomic E-state index is -1.39. The van der Waals surface area contributed by atoms with Gasteiger partial charge in [-0.25, -0.2) is 24.1 Å². The zero-order valence-electron chi connectivity index (χ0n) is 14.7. The Morgan fingerprint density at radius 2 is 2.14 bits per heavy atom. The van der Waals surface area contributed by atoms with Crippen LogP contribution in [0.4, 0.5) is 10.2 Å². The zero-order valence-corrected chi connectivity index (χ0v) is 15.6. The van der Waals surface area contributed by atoms with E-state index < -0.39 is 22.8 Å². The lowest BCUT2D eigenvalue weighted by Gasteiger charge is -2.39. The Morgan fingerprint density at radius 3 is 2.79 bits per heavy atom. The number of carboxylic acid groups (broad SMARTS) is 1. The fourth-order valence-corrected chi connectivity index (χ4v) is 4.01. The van der Waals surface area contributed by atoms with Crippen LogP contribution in [0.15, 0.2) is 41.0 Å². The molecule has 0 saturated carbocycles. The second-order valence-electron chi connectivity index (χ2n) is 6.60. The van der Waals surface area contributed by atoms with Gasteiger partial charge in [0.05, 0.1) is 11.3 Å². The van der Waals surface area contributed by atoms with Gasteiger partial charge in [-0.05, 0) is 6.07 Å². The number of hydrogen-bond donors (Lipinski definition) is 2. The molecule has 0 aliphatic carbocycles. The van der Waals surface area contributed by atoms with E-state index in [1.54, 1.807) is 28.9 Å². The molecule has 0 atom stereocenters. The standard InChI is InChI=1S/C18H13FN6O3S/c19-12-5-10-13(26)11(17(27)28)8-25(18-22-3-4-29-18)15(10)23-16(12)24-6-9(7-24)14-20-1-2-21-14/h1-5,8-9H,6-7H2,(H,20,21)(H,27,28). The predicted molar refractivity (Wildman–Crippen MR) is 103 cm³/mol. The van der Waals surface area contributed by atoms with E-state index >= 15 is 0 Å². The zero-order chi connectivity index (χ0) is 20.1. The van der Waals surface area contributed by atoms with Crippen LogP contribution in [0.3, 0.4) is 0 Å². The summed E-state index contributed by atoms with van der Waals surface area (Å²) in [6.45, 7) is 1.05. The Balaban J connectivity index is 1.64. The third kappa shape index (κ3) is 2.78. The van der Waals surface area contributed by atoms with Gasteiger partial charge < -0.3 is 15.0 Å². The van der Waals surface area contributed by atoms with Crippen molar-refractivity contribution in [1.29, 1.82) is 0 Å². The van der Waals surface area contributed by atoms with Crippen LogP contribution in [0.5, 0.6) is 0 Å². The van der Waals surface area contributed by atoms with E-state index in [1.165, 1.54) is 22.1 Å². The topological polar surface area (TPSA) is 117 Å². The molecule has 1 aliphatic rings. The Hall–Kier alpha value is -3.60. The highest BCUT2D eigenvalue weighted by Gasteiger charge is 2.33. The van der Waals surface area contributed by atoms with Gasteiger partial charge >= 0.3 is 5.97 Å². The first-order chi connectivity index (χ1) is 14.0. The molecule has 1 saturated heterocycles. The lowest BCUT2D eigenvalue weighted by molar-refractivity contribution is 0.0695. The molecule has 9 nitrogen and oxygen atoms in total. The lowest BCUT2D eigenvalue weighted by atomic mass is 9.99. The number of rotatable bonds is 4. The summed E-state index contributed by atoms with van der Waals surface area (Å²) < 4.78 is 16.2. The van der Waals surface area contributed by atoms with Crippen molar-refractivity contribution in [2.45, 2.75) is 5.92 Å². The van der Waals surface area contributed by atoms with Crippen molar-refractivity contribution in [2.75, 3.05) is 18.0 Å². The molecule has 0 amide bonds.